The molecule has 5 heteroatoms. The third-order valence-corrected chi connectivity index (χ3v) is 6.00. The smallest absolute Gasteiger partial charge is 0.318 e. The Bertz CT molecular complexity index is 489. The molecule has 3 aliphatic rings. The third kappa shape index (κ3) is 3.00. The van der Waals surface area contributed by atoms with E-state index >= 15 is 0 Å². The van der Waals surface area contributed by atoms with E-state index in [1.165, 1.54) is 70.9 Å². The van der Waals surface area contributed by atoms with E-state index < -0.39 is 0 Å². The summed E-state index contributed by atoms with van der Waals surface area (Å²) in [5.74, 6) is 0.796. The molecule has 2 aliphatic heterocycles. The molecule has 1 aromatic rings. The highest BCUT2D eigenvalue weighted by molar-refractivity contribution is 5.25. The van der Waals surface area contributed by atoms with Crippen LogP contribution in [0.1, 0.15) is 63.7 Å². The number of aromatic nitrogens is 2. The van der Waals surface area contributed by atoms with Crippen LogP contribution < -0.4 is 4.90 Å². The van der Waals surface area contributed by atoms with Gasteiger partial charge in [-0.2, -0.15) is 0 Å². The van der Waals surface area contributed by atoms with E-state index in [1.807, 2.05) is 0 Å². The first-order chi connectivity index (χ1) is 10.8. The summed E-state index contributed by atoms with van der Waals surface area (Å²) in [4.78, 5) is 4.74. The minimum Gasteiger partial charge on any atom is -0.407 e. The van der Waals surface area contributed by atoms with Crippen molar-refractivity contribution in [2.24, 2.45) is 5.41 Å². The van der Waals surface area contributed by atoms with Crippen LogP contribution in [-0.4, -0.2) is 41.3 Å². The van der Waals surface area contributed by atoms with Crippen LogP contribution >= 0.6 is 0 Å². The molecule has 22 heavy (non-hydrogen) atoms. The Kier molecular flexibility index (Phi) is 4.07. The van der Waals surface area contributed by atoms with Gasteiger partial charge in [-0.15, -0.1) is 5.10 Å². The molecule has 3 heterocycles. The fourth-order valence-corrected chi connectivity index (χ4v) is 4.63. The van der Waals surface area contributed by atoms with Gasteiger partial charge >= 0.3 is 6.01 Å². The molecule has 0 amide bonds. The molecular weight excluding hydrogens is 276 g/mol. The second-order valence-corrected chi connectivity index (χ2v) is 7.51. The highest BCUT2D eigenvalue weighted by Gasteiger charge is 2.35. The maximum absolute atomic E-state index is 5.89. The number of hydrogen-bond acceptors (Lipinski definition) is 5. The maximum Gasteiger partial charge on any atom is 0.318 e. The third-order valence-electron chi connectivity index (χ3n) is 6.00. The molecule has 0 N–H and O–H groups in total. The summed E-state index contributed by atoms with van der Waals surface area (Å²) in [7, 11) is 0. The van der Waals surface area contributed by atoms with E-state index in [2.05, 4.69) is 20.0 Å². The van der Waals surface area contributed by atoms with E-state index in [-0.39, 0.29) is 0 Å². The molecule has 0 unspecified atom stereocenters. The summed E-state index contributed by atoms with van der Waals surface area (Å²) in [6.07, 6.45) is 12.4. The van der Waals surface area contributed by atoms with Crippen LogP contribution in [0.4, 0.5) is 6.01 Å². The van der Waals surface area contributed by atoms with Crippen LogP contribution in [0.25, 0.3) is 0 Å². The lowest BCUT2D eigenvalue weighted by molar-refractivity contribution is 0.218. The van der Waals surface area contributed by atoms with Crippen molar-refractivity contribution in [3.8, 4) is 0 Å². The number of rotatable bonds is 3. The van der Waals surface area contributed by atoms with Gasteiger partial charge in [-0.1, -0.05) is 17.9 Å². The van der Waals surface area contributed by atoms with Crippen molar-refractivity contribution in [2.75, 3.05) is 31.1 Å². The molecule has 122 valence electrons. The highest BCUT2D eigenvalue weighted by atomic mass is 16.4. The summed E-state index contributed by atoms with van der Waals surface area (Å²) >= 11 is 0. The Labute approximate surface area is 133 Å². The minimum atomic E-state index is 0.671. The highest BCUT2D eigenvalue weighted by Crippen LogP contribution is 2.46. The van der Waals surface area contributed by atoms with Gasteiger partial charge < -0.3 is 9.32 Å². The number of likely N-dealkylation sites (tertiary alicyclic amines) is 1. The van der Waals surface area contributed by atoms with Gasteiger partial charge in [0.05, 0.1) is 6.54 Å². The fourth-order valence-electron chi connectivity index (χ4n) is 4.63. The largest absolute Gasteiger partial charge is 0.407 e. The molecule has 0 radical (unpaired) electrons. The molecule has 1 saturated carbocycles. The SMILES string of the molecule is C1CCN(c2nnc(CN3CCCC4(CCCC4)CC3)o2)C1. The first-order valence-electron chi connectivity index (χ1n) is 9.13. The number of anilines is 1. The van der Waals surface area contributed by atoms with Gasteiger partial charge in [-0.3, -0.25) is 4.90 Å². The summed E-state index contributed by atoms with van der Waals surface area (Å²) in [5, 5.41) is 8.52. The van der Waals surface area contributed by atoms with E-state index in [0.717, 1.165) is 31.5 Å². The summed E-state index contributed by atoms with van der Waals surface area (Å²) in [6, 6.07) is 0.731. The van der Waals surface area contributed by atoms with Crippen LogP contribution in [0, 0.1) is 5.41 Å². The normalized spacial score (nSPS) is 25.9. The van der Waals surface area contributed by atoms with Crippen LogP contribution in [0.2, 0.25) is 0 Å². The first kappa shape index (κ1) is 14.5. The molecule has 4 rings (SSSR count). The lowest BCUT2D eigenvalue weighted by Crippen LogP contribution is -2.25. The van der Waals surface area contributed by atoms with E-state index in [4.69, 9.17) is 4.42 Å². The Morgan fingerprint density at radius 1 is 0.818 bits per heavy atom. The van der Waals surface area contributed by atoms with Gasteiger partial charge in [0.25, 0.3) is 0 Å². The molecule has 2 saturated heterocycles. The van der Waals surface area contributed by atoms with Gasteiger partial charge in [0.15, 0.2) is 0 Å². The van der Waals surface area contributed by atoms with Crippen LogP contribution in [0.15, 0.2) is 4.42 Å². The fraction of sp³-hybridized carbons (Fsp3) is 0.882. The molecule has 5 nitrogen and oxygen atoms in total. The van der Waals surface area contributed by atoms with Crippen molar-refractivity contribution in [1.82, 2.24) is 15.1 Å². The second kappa shape index (κ2) is 6.19. The van der Waals surface area contributed by atoms with Crippen molar-refractivity contribution in [3.63, 3.8) is 0 Å². The second-order valence-electron chi connectivity index (χ2n) is 7.51. The Morgan fingerprint density at radius 2 is 1.59 bits per heavy atom. The Hall–Kier alpha value is -1.10. The van der Waals surface area contributed by atoms with Crippen LogP contribution in [-0.2, 0) is 6.54 Å². The van der Waals surface area contributed by atoms with Gasteiger partial charge in [-0.25, -0.2) is 0 Å². The molecule has 0 aromatic carbocycles. The van der Waals surface area contributed by atoms with E-state index in [0.29, 0.717) is 5.41 Å². The molecule has 3 fully saturated rings. The molecule has 0 bridgehead atoms. The number of nitrogens with zero attached hydrogens (tertiary/aromatic N) is 4. The van der Waals surface area contributed by atoms with Gasteiger partial charge in [0, 0.05) is 13.1 Å². The average molecular weight is 304 g/mol. The molecule has 0 atom stereocenters. The lowest BCUT2D eigenvalue weighted by Gasteiger charge is -2.27. The van der Waals surface area contributed by atoms with Gasteiger partial charge in [-0.05, 0) is 63.5 Å². The minimum absolute atomic E-state index is 0.671. The average Bonchev–Trinajstić information content (AvgIpc) is 3.24. The van der Waals surface area contributed by atoms with Crippen molar-refractivity contribution in [3.05, 3.63) is 5.89 Å². The zero-order valence-corrected chi connectivity index (χ0v) is 13.6. The lowest BCUT2D eigenvalue weighted by atomic mass is 9.79. The Balaban J connectivity index is 1.35. The van der Waals surface area contributed by atoms with Crippen molar-refractivity contribution >= 4 is 6.01 Å². The zero-order valence-electron chi connectivity index (χ0n) is 13.6. The molecular formula is C17H28N4O. The Morgan fingerprint density at radius 3 is 2.41 bits per heavy atom. The molecule has 1 aliphatic carbocycles. The van der Waals surface area contributed by atoms with Gasteiger partial charge in [0.2, 0.25) is 5.89 Å². The number of hydrogen-bond donors (Lipinski definition) is 0. The predicted molar refractivity (Wildman–Crippen MR) is 85.8 cm³/mol. The molecule has 1 spiro atoms. The summed E-state index contributed by atoms with van der Waals surface area (Å²) in [5.41, 5.74) is 0.671. The quantitative estimate of drug-likeness (QED) is 0.858. The van der Waals surface area contributed by atoms with Crippen LogP contribution in [0.3, 0.4) is 0 Å². The zero-order chi connectivity index (χ0) is 14.8. The van der Waals surface area contributed by atoms with Crippen LogP contribution in [0.5, 0.6) is 0 Å². The van der Waals surface area contributed by atoms with Gasteiger partial charge in [0.1, 0.15) is 0 Å². The van der Waals surface area contributed by atoms with Crippen molar-refractivity contribution in [2.45, 2.75) is 64.3 Å². The molecule has 1 aromatic heterocycles. The summed E-state index contributed by atoms with van der Waals surface area (Å²) < 4.78 is 5.89. The first-order valence-corrected chi connectivity index (χ1v) is 9.13. The standard InChI is InChI=1S/C17H28N4O/c1-2-7-17(6-1)8-5-10-20(13-9-17)14-15-18-19-16(22-15)21-11-3-4-12-21/h1-14H2. The monoisotopic (exact) mass is 304 g/mol. The van der Waals surface area contributed by atoms with E-state index in [1.54, 1.807) is 0 Å². The summed E-state index contributed by atoms with van der Waals surface area (Å²) in [6.45, 7) is 5.34. The van der Waals surface area contributed by atoms with E-state index in [9.17, 15) is 0 Å². The predicted octanol–water partition coefficient (Wildman–Crippen LogP) is 3.22. The topological polar surface area (TPSA) is 45.4 Å². The van der Waals surface area contributed by atoms with Crippen molar-refractivity contribution in [1.29, 1.82) is 0 Å². The van der Waals surface area contributed by atoms with Crippen molar-refractivity contribution < 1.29 is 4.42 Å². The maximum atomic E-state index is 5.89.